The Morgan fingerprint density at radius 3 is 2.18 bits per heavy atom. The first-order valence-electron chi connectivity index (χ1n) is 2.93. The summed E-state index contributed by atoms with van der Waals surface area (Å²) >= 11 is 0. The van der Waals surface area contributed by atoms with E-state index >= 15 is 0 Å². The number of hydrogen-bond acceptors (Lipinski definition) is 1. The zero-order chi connectivity index (χ0) is 7.40. The van der Waals surface area contributed by atoms with Crippen LogP contribution >= 0.6 is 0 Å². The number of benzene rings is 1. The molecular formula is C9H7CuO. The van der Waals surface area contributed by atoms with Crippen LogP contribution in [-0.4, -0.2) is 7.11 Å². The van der Waals surface area contributed by atoms with Crippen molar-refractivity contribution < 1.29 is 21.8 Å². The monoisotopic (exact) mass is 194 g/mol. The van der Waals surface area contributed by atoms with Gasteiger partial charge in [0.15, 0.2) is 0 Å². The topological polar surface area (TPSA) is 9.23 Å². The predicted molar refractivity (Wildman–Crippen MR) is 39.2 cm³/mol. The van der Waals surface area contributed by atoms with Crippen LogP contribution in [0.1, 0.15) is 5.56 Å². The van der Waals surface area contributed by atoms with E-state index in [-0.39, 0.29) is 17.1 Å². The number of rotatable bonds is 1. The number of ether oxygens (including phenoxy) is 1. The average molecular weight is 195 g/mol. The maximum absolute atomic E-state index is 6.78. The molecule has 1 aromatic carbocycles. The van der Waals surface area contributed by atoms with E-state index in [4.69, 9.17) is 11.2 Å². The van der Waals surface area contributed by atoms with Crippen LogP contribution in [0.4, 0.5) is 0 Å². The quantitative estimate of drug-likeness (QED) is 0.488. The smallest absolute Gasteiger partial charge is 0.118 e. The van der Waals surface area contributed by atoms with Crippen LogP contribution < -0.4 is 4.74 Å². The fraction of sp³-hybridized carbons (Fsp3) is 0.111. The first-order valence-corrected chi connectivity index (χ1v) is 2.93. The van der Waals surface area contributed by atoms with Crippen molar-refractivity contribution in [3.8, 4) is 11.7 Å². The minimum absolute atomic E-state index is 0. The summed E-state index contributed by atoms with van der Waals surface area (Å²) in [6.07, 6.45) is 6.78. The van der Waals surface area contributed by atoms with Crippen LogP contribution in [0.2, 0.25) is 0 Å². The second kappa shape index (κ2) is 4.85. The Morgan fingerprint density at radius 1 is 1.27 bits per heavy atom. The molecule has 0 aliphatic heterocycles. The van der Waals surface area contributed by atoms with Crippen molar-refractivity contribution in [2.75, 3.05) is 7.11 Å². The van der Waals surface area contributed by atoms with Gasteiger partial charge in [-0.1, -0.05) is 5.92 Å². The molecule has 1 aromatic rings. The van der Waals surface area contributed by atoms with Gasteiger partial charge in [0.25, 0.3) is 0 Å². The molecule has 0 unspecified atom stereocenters. The van der Waals surface area contributed by atoms with Crippen LogP contribution in [-0.2, 0) is 17.1 Å². The first kappa shape index (κ1) is 10.1. The fourth-order valence-electron chi connectivity index (χ4n) is 0.674. The third-order valence-corrected chi connectivity index (χ3v) is 1.23. The van der Waals surface area contributed by atoms with Gasteiger partial charge in [-0.2, -0.15) is 0 Å². The first-order chi connectivity index (χ1) is 4.86. The Balaban J connectivity index is 0.000001000. The second-order valence-electron chi connectivity index (χ2n) is 1.85. The molecule has 11 heavy (non-hydrogen) atoms. The molecule has 2 radical (unpaired) electrons. The van der Waals surface area contributed by atoms with E-state index in [0.29, 0.717) is 0 Å². The molecule has 0 aromatic heterocycles. The van der Waals surface area contributed by atoms with Gasteiger partial charge in [0, 0.05) is 22.6 Å². The predicted octanol–water partition coefficient (Wildman–Crippen LogP) is 1.63. The largest absolute Gasteiger partial charge is 0.497 e. The van der Waals surface area contributed by atoms with Crippen LogP contribution in [0.25, 0.3) is 0 Å². The maximum Gasteiger partial charge on any atom is 0.118 e. The molecule has 1 nitrogen and oxygen atoms in total. The van der Waals surface area contributed by atoms with Crippen LogP contribution in [0.5, 0.6) is 5.75 Å². The third kappa shape index (κ3) is 2.67. The normalized spacial score (nSPS) is 7.64. The Bertz CT molecular complexity index is 245. The van der Waals surface area contributed by atoms with E-state index in [2.05, 4.69) is 5.92 Å². The Labute approximate surface area is 77.2 Å². The summed E-state index contributed by atoms with van der Waals surface area (Å²) < 4.78 is 4.92. The second-order valence-corrected chi connectivity index (χ2v) is 1.85. The summed E-state index contributed by atoms with van der Waals surface area (Å²) in [5.41, 5.74) is 0.765. The van der Waals surface area contributed by atoms with Gasteiger partial charge in [-0.3, -0.25) is 0 Å². The molecular weight excluding hydrogens is 188 g/mol. The molecule has 0 amide bonds. The van der Waals surface area contributed by atoms with Crippen molar-refractivity contribution in [3.63, 3.8) is 0 Å². The van der Waals surface area contributed by atoms with E-state index in [9.17, 15) is 0 Å². The molecule has 2 heteroatoms. The molecule has 0 aliphatic carbocycles. The zero-order valence-corrected chi connectivity index (χ0v) is 6.96. The molecule has 0 N–H and O–H groups in total. The summed E-state index contributed by atoms with van der Waals surface area (Å²) in [7, 11) is 1.61. The van der Waals surface area contributed by atoms with E-state index in [1.165, 1.54) is 0 Å². The minimum Gasteiger partial charge on any atom is -0.497 e. The van der Waals surface area contributed by atoms with Crippen molar-refractivity contribution in [2.45, 2.75) is 0 Å². The standard InChI is InChI=1S/C9H7O.Cu/c1-3-8-4-6-9(10-2)7-5-8;/h4-7H,2H3;. The summed E-state index contributed by atoms with van der Waals surface area (Å²) in [6.45, 7) is 0. The molecule has 0 aliphatic rings. The SMILES string of the molecule is [C]#Cc1ccc(OC)cc1.[Cu]. The van der Waals surface area contributed by atoms with Gasteiger partial charge < -0.3 is 4.74 Å². The van der Waals surface area contributed by atoms with Gasteiger partial charge in [0.2, 0.25) is 0 Å². The van der Waals surface area contributed by atoms with Gasteiger partial charge in [0.1, 0.15) is 5.75 Å². The Kier molecular flexibility index (Phi) is 4.45. The summed E-state index contributed by atoms with van der Waals surface area (Å²) in [6, 6.07) is 7.17. The van der Waals surface area contributed by atoms with Gasteiger partial charge >= 0.3 is 0 Å². The van der Waals surface area contributed by atoms with E-state index in [0.717, 1.165) is 11.3 Å². The molecule has 0 saturated carbocycles. The molecule has 0 atom stereocenters. The Hall–Kier alpha value is -0.901. The van der Waals surface area contributed by atoms with Gasteiger partial charge in [0.05, 0.1) is 7.11 Å². The van der Waals surface area contributed by atoms with Crippen molar-refractivity contribution >= 4 is 0 Å². The fourth-order valence-corrected chi connectivity index (χ4v) is 0.674. The van der Waals surface area contributed by atoms with Crippen molar-refractivity contribution in [1.29, 1.82) is 0 Å². The minimum atomic E-state index is 0. The zero-order valence-electron chi connectivity index (χ0n) is 6.02. The van der Waals surface area contributed by atoms with Crippen molar-refractivity contribution in [3.05, 3.63) is 36.3 Å². The molecule has 1 rings (SSSR count). The number of hydrogen-bond donors (Lipinski definition) is 0. The molecule has 0 fully saturated rings. The van der Waals surface area contributed by atoms with Gasteiger partial charge in [-0.25, -0.2) is 0 Å². The third-order valence-electron chi connectivity index (χ3n) is 1.23. The van der Waals surface area contributed by atoms with E-state index in [1.54, 1.807) is 31.4 Å². The van der Waals surface area contributed by atoms with Crippen LogP contribution in [0, 0.1) is 12.3 Å². The maximum atomic E-state index is 6.78. The number of methoxy groups -OCH3 is 1. The molecule has 0 saturated heterocycles. The molecule has 0 bridgehead atoms. The molecule has 0 heterocycles. The molecule has 0 spiro atoms. The average Bonchev–Trinajstić information content (AvgIpc) is 2.05. The van der Waals surface area contributed by atoms with Crippen molar-refractivity contribution in [1.82, 2.24) is 0 Å². The summed E-state index contributed by atoms with van der Waals surface area (Å²) in [5, 5.41) is 0. The van der Waals surface area contributed by atoms with Crippen LogP contribution in [0.3, 0.4) is 0 Å². The van der Waals surface area contributed by atoms with E-state index in [1.807, 2.05) is 0 Å². The van der Waals surface area contributed by atoms with Crippen molar-refractivity contribution in [2.24, 2.45) is 0 Å². The summed E-state index contributed by atoms with van der Waals surface area (Å²) in [4.78, 5) is 0. The van der Waals surface area contributed by atoms with Crippen LogP contribution in [0.15, 0.2) is 24.3 Å². The summed E-state index contributed by atoms with van der Waals surface area (Å²) in [5.74, 6) is 3.08. The van der Waals surface area contributed by atoms with Gasteiger partial charge in [-0.15, -0.1) is 0 Å². The van der Waals surface area contributed by atoms with E-state index < -0.39 is 0 Å². The Morgan fingerprint density at radius 2 is 1.82 bits per heavy atom. The van der Waals surface area contributed by atoms with Gasteiger partial charge in [-0.05, 0) is 30.7 Å². The molecule has 60 valence electrons.